The van der Waals surface area contributed by atoms with Crippen LogP contribution in [0.2, 0.25) is 5.02 Å². The van der Waals surface area contributed by atoms with Crippen molar-refractivity contribution in [3.8, 4) is 0 Å². The minimum Gasteiger partial charge on any atom is -0.350 e. The van der Waals surface area contributed by atoms with Gasteiger partial charge in [0, 0.05) is 17.1 Å². The third-order valence-electron chi connectivity index (χ3n) is 6.19. The maximum absolute atomic E-state index is 13.9. The molecule has 2 amide bonds. The van der Waals surface area contributed by atoms with E-state index < -0.39 is 34.1 Å². The lowest BCUT2D eigenvalue weighted by Gasteiger charge is -2.33. The van der Waals surface area contributed by atoms with Gasteiger partial charge in [0.15, 0.2) is 0 Å². The number of anilines is 1. The Morgan fingerprint density at radius 3 is 2.10 bits per heavy atom. The molecule has 3 aromatic carbocycles. The predicted molar refractivity (Wildman–Crippen MR) is 156 cm³/mol. The summed E-state index contributed by atoms with van der Waals surface area (Å²) >= 11 is 6.15. The van der Waals surface area contributed by atoms with Crippen molar-refractivity contribution >= 4 is 39.1 Å². The zero-order valence-electron chi connectivity index (χ0n) is 23.0. The molecule has 3 rings (SSSR count). The van der Waals surface area contributed by atoms with Gasteiger partial charge in [0.1, 0.15) is 12.6 Å². The summed E-state index contributed by atoms with van der Waals surface area (Å²) in [6, 6.07) is 21.6. The molecule has 0 aliphatic carbocycles. The molecule has 3 aromatic rings. The molecule has 9 heteroatoms. The van der Waals surface area contributed by atoms with Crippen molar-refractivity contribution in [1.29, 1.82) is 0 Å². The first-order chi connectivity index (χ1) is 18.3. The first-order valence-electron chi connectivity index (χ1n) is 12.8. The van der Waals surface area contributed by atoms with Gasteiger partial charge < -0.3 is 10.2 Å². The summed E-state index contributed by atoms with van der Waals surface area (Å²) in [5.41, 5.74) is 1.44. The van der Waals surface area contributed by atoms with Gasteiger partial charge in [-0.15, -0.1) is 0 Å². The minimum absolute atomic E-state index is 0.0570. The number of amides is 2. The Morgan fingerprint density at radius 2 is 1.54 bits per heavy atom. The molecule has 0 heterocycles. The molecule has 0 aliphatic rings. The maximum atomic E-state index is 13.9. The number of halogens is 1. The van der Waals surface area contributed by atoms with Crippen molar-refractivity contribution < 1.29 is 18.0 Å². The van der Waals surface area contributed by atoms with Crippen LogP contribution in [0.3, 0.4) is 0 Å². The summed E-state index contributed by atoms with van der Waals surface area (Å²) in [4.78, 5) is 28.6. The molecule has 0 saturated heterocycles. The average Bonchev–Trinajstić information content (AvgIpc) is 2.87. The van der Waals surface area contributed by atoms with E-state index in [1.165, 1.54) is 17.0 Å². The second-order valence-corrected chi connectivity index (χ2v) is 12.8. The van der Waals surface area contributed by atoms with Crippen LogP contribution < -0.4 is 9.62 Å². The van der Waals surface area contributed by atoms with Crippen molar-refractivity contribution in [3.63, 3.8) is 0 Å². The van der Waals surface area contributed by atoms with Crippen LogP contribution in [0.5, 0.6) is 0 Å². The maximum Gasteiger partial charge on any atom is 0.264 e. The monoisotopic (exact) mass is 569 g/mol. The van der Waals surface area contributed by atoms with Crippen molar-refractivity contribution in [3.05, 3.63) is 95.0 Å². The molecule has 0 aliphatic heterocycles. The molecule has 1 atom stereocenters. The van der Waals surface area contributed by atoms with E-state index in [1.807, 2.05) is 51.1 Å². The van der Waals surface area contributed by atoms with Crippen LogP contribution in [0, 0.1) is 6.92 Å². The topological polar surface area (TPSA) is 86.8 Å². The van der Waals surface area contributed by atoms with Crippen molar-refractivity contribution in [2.75, 3.05) is 17.4 Å². The SMILES string of the molecule is Cc1cc(Cl)ccc1N(CC(=O)N(CCc1ccccc1)[C@H](C)C(=O)NC(C)(C)C)S(=O)(=O)c1ccccc1. The molecule has 0 radical (unpaired) electrons. The van der Waals surface area contributed by atoms with E-state index in [-0.39, 0.29) is 17.3 Å². The first kappa shape index (κ1) is 30.2. The molecule has 1 N–H and O–H groups in total. The van der Waals surface area contributed by atoms with E-state index in [0.717, 1.165) is 9.87 Å². The number of carbonyl (C=O) groups excluding carboxylic acids is 2. The Labute approximate surface area is 236 Å². The molecule has 7 nitrogen and oxygen atoms in total. The molecular formula is C30H36ClN3O4S. The third-order valence-corrected chi connectivity index (χ3v) is 8.20. The highest BCUT2D eigenvalue weighted by Gasteiger charge is 2.33. The molecule has 0 saturated carbocycles. The fourth-order valence-corrected chi connectivity index (χ4v) is 5.90. The van der Waals surface area contributed by atoms with Crippen LogP contribution in [0.25, 0.3) is 0 Å². The van der Waals surface area contributed by atoms with E-state index in [2.05, 4.69) is 5.32 Å². The summed E-state index contributed by atoms with van der Waals surface area (Å²) < 4.78 is 28.8. The summed E-state index contributed by atoms with van der Waals surface area (Å²) in [5, 5.41) is 3.38. The van der Waals surface area contributed by atoms with Crippen LogP contribution in [-0.2, 0) is 26.0 Å². The highest BCUT2D eigenvalue weighted by atomic mass is 35.5. The molecule has 39 heavy (non-hydrogen) atoms. The Hall–Kier alpha value is -3.36. The Bertz CT molecular complexity index is 1390. The average molecular weight is 570 g/mol. The Kier molecular flexibility index (Phi) is 9.80. The lowest BCUT2D eigenvalue weighted by Crippen LogP contribution is -2.55. The Morgan fingerprint density at radius 1 is 0.949 bits per heavy atom. The zero-order valence-corrected chi connectivity index (χ0v) is 24.6. The summed E-state index contributed by atoms with van der Waals surface area (Å²) in [6.45, 7) is 8.75. The van der Waals surface area contributed by atoms with Gasteiger partial charge in [0.25, 0.3) is 10.0 Å². The number of carbonyl (C=O) groups is 2. The van der Waals surface area contributed by atoms with Crippen molar-refractivity contribution in [2.24, 2.45) is 0 Å². The minimum atomic E-state index is -4.12. The standard InChI is InChI=1S/C30H36ClN3O4S/c1-22-20-25(31)16-17-27(22)34(39(37,38)26-14-10-7-11-15-26)21-28(35)33(19-18-24-12-8-6-9-13-24)23(2)29(36)32-30(3,4)5/h6-17,20,23H,18-19,21H2,1-5H3,(H,32,36)/t23-/m1/s1. The fourth-order valence-electron chi connectivity index (χ4n) is 4.18. The van der Waals surface area contributed by atoms with Gasteiger partial charge in [-0.25, -0.2) is 8.42 Å². The second-order valence-electron chi connectivity index (χ2n) is 10.5. The highest BCUT2D eigenvalue weighted by Crippen LogP contribution is 2.29. The van der Waals surface area contributed by atoms with Gasteiger partial charge in [0.05, 0.1) is 10.6 Å². The van der Waals surface area contributed by atoms with Gasteiger partial charge in [-0.1, -0.05) is 60.1 Å². The number of rotatable bonds is 10. The number of sulfonamides is 1. The summed E-state index contributed by atoms with van der Waals surface area (Å²) in [7, 11) is -4.12. The molecule has 0 fully saturated rings. The zero-order chi connectivity index (χ0) is 28.8. The molecule has 0 aromatic heterocycles. The van der Waals surface area contributed by atoms with Gasteiger partial charge in [-0.05, 0) is 82.5 Å². The van der Waals surface area contributed by atoms with Crippen LogP contribution in [-0.4, -0.2) is 49.8 Å². The second kappa shape index (κ2) is 12.7. The largest absolute Gasteiger partial charge is 0.350 e. The fraction of sp³-hybridized carbons (Fsp3) is 0.333. The lowest BCUT2D eigenvalue weighted by atomic mass is 10.1. The smallest absolute Gasteiger partial charge is 0.264 e. The number of hydrogen-bond donors (Lipinski definition) is 1. The van der Waals surface area contributed by atoms with Crippen LogP contribution >= 0.6 is 11.6 Å². The van der Waals surface area contributed by atoms with Gasteiger partial charge in [-0.2, -0.15) is 0 Å². The number of benzene rings is 3. The molecular weight excluding hydrogens is 534 g/mol. The van der Waals surface area contributed by atoms with Crippen LogP contribution in [0.15, 0.2) is 83.8 Å². The van der Waals surface area contributed by atoms with Crippen molar-refractivity contribution in [1.82, 2.24) is 10.2 Å². The highest BCUT2D eigenvalue weighted by molar-refractivity contribution is 7.92. The van der Waals surface area contributed by atoms with E-state index in [9.17, 15) is 18.0 Å². The number of hydrogen-bond acceptors (Lipinski definition) is 4. The van der Waals surface area contributed by atoms with Crippen LogP contribution in [0.4, 0.5) is 5.69 Å². The first-order valence-corrected chi connectivity index (χ1v) is 14.6. The van der Waals surface area contributed by atoms with Gasteiger partial charge in [-0.3, -0.25) is 13.9 Å². The van der Waals surface area contributed by atoms with E-state index in [1.54, 1.807) is 50.2 Å². The molecule has 208 valence electrons. The van der Waals surface area contributed by atoms with E-state index >= 15 is 0 Å². The van der Waals surface area contributed by atoms with Gasteiger partial charge in [0.2, 0.25) is 11.8 Å². The number of nitrogens with one attached hydrogen (secondary N) is 1. The summed E-state index contributed by atoms with van der Waals surface area (Å²) in [5.74, 6) is -0.805. The lowest BCUT2D eigenvalue weighted by molar-refractivity contribution is -0.139. The predicted octanol–water partition coefficient (Wildman–Crippen LogP) is 5.22. The van der Waals surface area contributed by atoms with E-state index in [0.29, 0.717) is 22.7 Å². The van der Waals surface area contributed by atoms with Crippen LogP contribution in [0.1, 0.15) is 38.8 Å². The summed E-state index contributed by atoms with van der Waals surface area (Å²) in [6.07, 6.45) is 0.505. The molecule has 0 unspecified atom stereocenters. The van der Waals surface area contributed by atoms with Crippen molar-refractivity contribution in [2.45, 2.75) is 57.5 Å². The van der Waals surface area contributed by atoms with E-state index in [4.69, 9.17) is 11.6 Å². The molecule has 0 bridgehead atoms. The Balaban J connectivity index is 2.01. The molecule has 0 spiro atoms. The normalized spacial score (nSPS) is 12.5. The number of aryl methyl sites for hydroxylation is 1. The third kappa shape index (κ3) is 8.07. The van der Waals surface area contributed by atoms with Gasteiger partial charge >= 0.3 is 0 Å². The number of nitrogens with zero attached hydrogens (tertiary/aromatic N) is 2. The quantitative estimate of drug-likeness (QED) is 0.363.